The maximum Gasteiger partial charge on any atom is 0.293 e. The van der Waals surface area contributed by atoms with Crippen molar-refractivity contribution >= 4 is 75.1 Å². The molecule has 5 rings (SSSR count). The van der Waals surface area contributed by atoms with Crippen LogP contribution < -0.4 is 19.1 Å². The van der Waals surface area contributed by atoms with E-state index in [2.05, 4.69) is 14.1 Å². The Morgan fingerprint density at radius 3 is 2.50 bits per heavy atom. The molecule has 0 saturated carbocycles. The number of aliphatic hydroxyl groups excluding tert-OH is 1. The van der Waals surface area contributed by atoms with Gasteiger partial charge in [0, 0.05) is 4.90 Å². The Kier molecular flexibility index (Phi) is 6.75. The van der Waals surface area contributed by atoms with Gasteiger partial charge < -0.3 is 14.6 Å². The smallest absolute Gasteiger partial charge is 0.293 e. The fourth-order valence-corrected chi connectivity index (χ4v) is 8.45. The molecule has 0 bridgehead atoms. The summed E-state index contributed by atoms with van der Waals surface area (Å²) in [5, 5.41) is 10.8. The van der Waals surface area contributed by atoms with Crippen LogP contribution >= 0.6 is 23.1 Å². The number of anilines is 2. The second-order valence-corrected chi connectivity index (χ2v) is 13.2. The second-order valence-electron chi connectivity index (χ2n) is 7.87. The molecule has 3 aromatic rings. The number of thiazole rings is 1. The highest BCUT2D eigenvalue weighted by atomic mass is 32.2. The van der Waals surface area contributed by atoms with Crippen molar-refractivity contribution in [1.82, 2.24) is 4.98 Å². The minimum atomic E-state index is -4.69. The number of carbonyl (C=O) groups excluding carboxylic acids is 1. The van der Waals surface area contributed by atoms with Gasteiger partial charge in [-0.15, -0.1) is 4.40 Å². The molecule has 0 atom stereocenters. The molecule has 0 saturated heterocycles. The number of aromatic nitrogens is 1. The van der Waals surface area contributed by atoms with Crippen molar-refractivity contribution < 1.29 is 36.2 Å². The topological polar surface area (TPSA) is 165 Å². The second kappa shape index (κ2) is 9.76. The summed E-state index contributed by atoms with van der Waals surface area (Å²) in [6.07, 6.45) is 0. The summed E-state index contributed by atoms with van der Waals surface area (Å²) >= 11 is 1.99. The van der Waals surface area contributed by atoms with Crippen molar-refractivity contribution in [3.8, 4) is 11.5 Å². The van der Waals surface area contributed by atoms with Crippen molar-refractivity contribution in [2.24, 2.45) is 4.40 Å². The van der Waals surface area contributed by atoms with Gasteiger partial charge in [0.1, 0.15) is 17.3 Å². The van der Waals surface area contributed by atoms with E-state index in [0.717, 1.165) is 28.0 Å². The van der Waals surface area contributed by atoms with Gasteiger partial charge in [-0.1, -0.05) is 11.3 Å². The number of allylic oxidation sites excluding steroid dienone is 1. The molecule has 38 heavy (non-hydrogen) atoms. The molecular weight excluding hydrogens is 577 g/mol. The standard InChI is InChI=1S/C22H20N4O8S4/c1-3-33-12-5-7-14-17(9-12)35-21(23-14)24-37(29,30)11-16(27)19-20(28)26-15-8-6-13(34-4-2)10-18(15)36-22(26)25-38(19,31)32/h5-10,28H,3-4,11H2,1-2H3,(H,23,24). The number of hydrogen-bond donors (Lipinski definition) is 2. The van der Waals surface area contributed by atoms with Gasteiger partial charge in [0.25, 0.3) is 10.0 Å². The number of sulfonamides is 2. The first-order valence-corrected chi connectivity index (χ1v) is 15.8. The van der Waals surface area contributed by atoms with Gasteiger partial charge in [0.15, 0.2) is 21.0 Å². The van der Waals surface area contributed by atoms with Crippen LogP contribution in [0.2, 0.25) is 0 Å². The number of benzene rings is 2. The lowest BCUT2D eigenvalue weighted by molar-refractivity contribution is -0.112. The Bertz CT molecular complexity index is 1750. The fraction of sp³-hybridized carbons (Fsp3) is 0.227. The summed E-state index contributed by atoms with van der Waals surface area (Å²) in [6.45, 7) is 4.52. The molecule has 2 aromatic carbocycles. The summed E-state index contributed by atoms with van der Waals surface area (Å²) in [4.78, 5) is 17.7. The highest BCUT2D eigenvalue weighted by Crippen LogP contribution is 2.46. The number of amidine groups is 1. The predicted octanol–water partition coefficient (Wildman–Crippen LogP) is 3.44. The molecule has 0 radical (unpaired) electrons. The van der Waals surface area contributed by atoms with Crippen LogP contribution in [0.25, 0.3) is 10.2 Å². The highest BCUT2D eigenvalue weighted by Gasteiger charge is 2.43. The SMILES string of the molecule is CCOc1ccc2c(c1)SC1=NS(=O)(=O)C(C(=O)CS(=O)(=O)Nc3nc4ccc(OCC)cc4s3)=C(O)N12. The van der Waals surface area contributed by atoms with E-state index in [4.69, 9.17) is 9.47 Å². The fourth-order valence-electron chi connectivity index (χ4n) is 3.77. The van der Waals surface area contributed by atoms with Gasteiger partial charge >= 0.3 is 0 Å². The largest absolute Gasteiger partial charge is 0.494 e. The Hall–Kier alpha value is -3.34. The molecule has 2 N–H and O–H groups in total. The zero-order valence-electron chi connectivity index (χ0n) is 19.9. The highest BCUT2D eigenvalue weighted by molar-refractivity contribution is 8.15. The normalized spacial score (nSPS) is 16.2. The van der Waals surface area contributed by atoms with Crippen LogP contribution in [0.3, 0.4) is 0 Å². The number of nitrogens with one attached hydrogen (secondary N) is 1. The van der Waals surface area contributed by atoms with Gasteiger partial charge in [0.05, 0.1) is 29.1 Å². The first kappa shape index (κ1) is 26.3. The van der Waals surface area contributed by atoms with Crippen LogP contribution in [-0.2, 0) is 24.8 Å². The van der Waals surface area contributed by atoms with Gasteiger partial charge in [-0.3, -0.25) is 14.4 Å². The van der Waals surface area contributed by atoms with Crippen molar-refractivity contribution in [3.63, 3.8) is 0 Å². The summed E-state index contributed by atoms with van der Waals surface area (Å²) in [6, 6.07) is 9.90. The molecule has 12 nitrogen and oxygen atoms in total. The van der Waals surface area contributed by atoms with Gasteiger partial charge in [-0.2, -0.15) is 8.42 Å². The molecule has 0 spiro atoms. The molecule has 16 heteroatoms. The first-order valence-electron chi connectivity index (χ1n) is 11.1. The Morgan fingerprint density at radius 2 is 1.79 bits per heavy atom. The van der Waals surface area contributed by atoms with Crippen LogP contribution in [0.4, 0.5) is 10.8 Å². The third-order valence-electron chi connectivity index (χ3n) is 5.23. The van der Waals surface area contributed by atoms with E-state index in [9.17, 15) is 26.7 Å². The maximum absolute atomic E-state index is 13.0. The number of rotatable bonds is 9. The maximum atomic E-state index is 13.0. The van der Waals surface area contributed by atoms with Crippen LogP contribution in [0.1, 0.15) is 13.8 Å². The number of Topliss-reactive ketones (excluding diaryl/α,β-unsaturated/α-hetero) is 1. The third-order valence-corrected chi connectivity index (χ3v) is 9.90. The van der Waals surface area contributed by atoms with Gasteiger partial charge in [-0.05, 0) is 62.0 Å². The number of carbonyl (C=O) groups is 1. The van der Waals surface area contributed by atoms with Crippen LogP contribution in [-0.4, -0.2) is 56.8 Å². The number of ether oxygens (including phenoxy) is 2. The average Bonchev–Trinajstić information content (AvgIpc) is 3.37. The lowest BCUT2D eigenvalue weighted by atomic mass is 10.2. The van der Waals surface area contributed by atoms with E-state index in [1.165, 1.54) is 0 Å². The molecule has 200 valence electrons. The summed E-state index contributed by atoms with van der Waals surface area (Å²) in [5.41, 5.74) is 0.883. The zero-order valence-corrected chi connectivity index (χ0v) is 23.1. The Labute approximate surface area is 226 Å². The molecule has 3 heterocycles. The lowest BCUT2D eigenvalue weighted by Gasteiger charge is -2.23. The molecule has 0 amide bonds. The van der Waals surface area contributed by atoms with Gasteiger partial charge in [-0.25, -0.2) is 13.4 Å². The minimum absolute atomic E-state index is 0.0126. The predicted molar refractivity (Wildman–Crippen MR) is 145 cm³/mol. The monoisotopic (exact) mass is 596 g/mol. The third kappa shape index (κ3) is 4.91. The molecule has 0 fully saturated rings. The Morgan fingerprint density at radius 1 is 1.11 bits per heavy atom. The molecule has 1 aromatic heterocycles. The molecular formula is C22H20N4O8S4. The molecule has 0 aliphatic carbocycles. The number of ketones is 1. The quantitative estimate of drug-likeness (QED) is 0.372. The molecule has 2 aliphatic heterocycles. The Balaban J connectivity index is 1.41. The van der Waals surface area contributed by atoms with Crippen molar-refractivity contribution in [2.75, 3.05) is 28.6 Å². The van der Waals surface area contributed by atoms with E-state index in [1.807, 2.05) is 13.8 Å². The number of aliphatic hydroxyl groups is 1. The first-order chi connectivity index (χ1) is 18.0. The number of fused-ring (bicyclic) bond motifs is 4. The van der Waals surface area contributed by atoms with Crippen molar-refractivity contribution in [2.45, 2.75) is 18.7 Å². The number of nitrogens with zero attached hydrogens (tertiary/aromatic N) is 3. The van der Waals surface area contributed by atoms with E-state index in [0.29, 0.717) is 45.5 Å². The van der Waals surface area contributed by atoms with Crippen LogP contribution in [0, 0.1) is 0 Å². The van der Waals surface area contributed by atoms with Crippen LogP contribution in [0.5, 0.6) is 11.5 Å². The molecule has 0 unspecified atom stereocenters. The van der Waals surface area contributed by atoms with E-state index in [1.54, 1.807) is 36.4 Å². The van der Waals surface area contributed by atoms with Gasteiger partial charge in [0.2, 0.25) is 15.9 Å². The van der Waals surface area contributed by atoms with E-state index in [-0.39, 0.29) is 10.3 Å². The zero-order chi connectivity index (χ0) is 27.2. The number of hydrogen-bond acceptors (Lipinski definition) is 12. The van der Waals surface area contributed by atoms with E-state index < -0.39 is 42.4 Å². The van der Waals surface area contributed by atoms with Crippen LogP contribution in [0.15, 0.2) is 56.5 Å². The minimum Gasteiger partial charge on any atom is -0.494 e. The lowest BCUT2D eigenvalue weighted by Crippen LogP contribution is -2.36. The van der Waals surface area contributed by atoms with Crippen molar-refractivity contribution in [3.05, 3.63) is 47.2 Å². The summed E-state index contributed by atoms with van der Waals surface area (Å²) < 4.78 is 68.6. The van der Waals surface area contributed by atoms with E-state index >= 15 is 0 Å². The molecule has 2 aliphatic rings. The average molecular weight is 597 g/mol. The summed E-state index contributed by atoms with van der Waals surface area (Å²) in [5.74, 6) is -2.40. The number of thioether (sulfide) groups is 1. The van der Waals surface area contributed by atoms with Crippen molar-refractivity contribution in [1.29, 1.82) is 0 Å². The summed E-state index contributed by atoms with van der Waals surface area (Å²) in [7, 11) is -9.09.